The van der Waals surface area contributed by atoms with Crippen LogP contribution in [-0.2, 0) is 18.9 Å². The van der Waals surface area contributed by atoms with Crippen molar-refractivity contribution in [3.05, 3.63) is 0 Å². The highest BCUT2D eigenvalue weighted by Gasteiger charge is 2.32. The Morgan fingerprint density at radius 3 is 2.31 bits per heavy atom. The zero-order chi connectivity index (χ0) is 12.9. The molecule has 0 aliphatic rings. The maximum atomic E-state index is 11.1. The summed E-state index contributed by atoms with van der Waals surface area (Å²) in [7, 11) is -4.59. The molecule has 0 saturated carbocycles. The molecular weight excluding hydrogens is 239 g/mol. The molecule has 0 rings (SSSR count). The number of carbonyl (C=O) groups is 2. The van der Waals surface area contributed by atoms with Gasteiger partial charge in [-0.25, -0.2) is 0 Å². The normalized spacial score (nSPS) is 15.1. The average molecular weight is 254 g/mol. The highest BCUT2D eigenvalue weighted by atomic mass is 31.2. The molecule has 9 heteroatoms. The standard InChI is InChI=1S/C7H15N2O6P/c1-4(8)7(11)9-6(16(12,13)14)3-15-5(2)10/h4,6H,3,8H2,1-2H3,(H,9,11)(H2,12,13,14). The summed E-state index contributed by atoms with van der Waals surface area (Å²) >= 11 is 0. The number of carbonyl (C=O) groups excluding carboxylic acids is 2. The molecule has 0 spiro atoms. The van der Waals surface area contributed by atoms with E-state index >= 15 is 0 Å². The van der Waals surface area contributed by atoms with E-state index < -0.39 is 37.9 Å². The predicted octanol–water partition coefficient (Wildman–Crippen LogP) is -1.48. The van der Waals surface area contributed by atoms with Crippen LogP contribution in [0, 0.1) is 0 Å². The summed E-state index contributed by atoms with van der Waals surface area (Å²) in [6.07, 6.45) is 0. The minimum absolute atomic E-state index is 0.599. The number of esters is 1. The Morgan fingerprint density at radius 1 is 1.50 bits per heavy atom. The molecule has 5 N–H and O–H groups in total. The van der Waals surface area contributed by atoms with Crippen LogP contribution < -0.4 is 11.1 Å². The zero-order valence-electron chi connectivity index (χ0n) is 8.91. The summed E-state index contributed by atoms with van der Waals surface area (Å²) in [5, 5.41) is 2.01. The Balaban J connectivity index is 4.51. The highest BCUT2D eigenvalue weighted by Crippen LogP contribution is 2.39. The summed E-state index contributed by atoms with van der Waals surface area (Å²) in [6.45, 7) is 1.85. The molecule has 1 amide bonds. The SMILES string of the molecule is CC(=O)OCC(NC(=O)C(C)N)P(=O)(O)O. The van der Waals surface area contributed by atoms with E-state index in [0.717, 1.165) is 6.92 Å². The van der Waals surface area contributed by atoms with Crippen LogP contribution in [0.15, 0.2) is 0 Å². The van der Waals surface area contributed by atoms with E-state index in [2.05, 4.69) is 4.74 Å². The number of amides is 1. The van der Waals surface area contributed by atoms with Crippen LogP contribution in [-0.4, -0.2) is 40.1 Å². The van der Waals surface area contributed by atoms with Gasteiger partial charge in [-0.2, -0.15) is 0 Å². The van der Waals surface area contributed by atoms with Crippen molar-refractivity contribution in [2.24, 2.45) is 5.73 Å². The molecule has 8 nitrogen and oxygen atoms in total. The van der Waals surface area contributed by atoms with Gasteiger partial charge in [-0.15, -0.1) is 0 Å². The van der Waals surface area contributed by atoms with Gasteiger partial charge in [-0.1, -0.05) is 0 Å². The van der Waals surface area contributed by atoms with E-state index in [9.17, 15) is 14.2 Å². The van der Waals surface area contributed by atoms with Gasteiger partial charge in [-0.05, 0) is 6.92 Å². The molecule has 0 saturated heterocycles. The largest absolute Gasteiger partial charge is 0.463 e. The molecule has 0 aliphatic heterocycles. The van der Waals surface area contributed by atoms with Gasteiger partial charge >= 0.3 is 13.6 Å². The van der Waals surface area contributed by atoms with E-state index in [0.29, 0.717) is 0 Å². The van der Waals surface area contributed by atoms with Gasteiger partial charge in [0.25, 0.3) is 0 Å². The van der Waals surface area contributed by atoms with Crippen LogP contribution >= 0.6 is 7.60 Å². The zero-order valence-corrected chi connectivity index (χ0v) is 9.81. The van der Waals surface area contributed by atoms with Gasteiger partial charge in [0.05, 0.1) is 6.04 Å². The summed E-state index contributed by atoms with van der Waals surface area (Å²) in [6, 6.07) is -0.911. The third-order valence-electron chi connectivity index (χ3n) is 1.57. The summed E-state index contributed by atoms with van der Waals surface area (Å²) in [4.78, 5) is 39.4. The van der Waals surface area contributed by atoms with Gasteiger partial charge in [0.15, 0.2) is 5.78 Å². The van der Waals surface area contributed by atoms with Crippen molar-refractivity contribution in [2.45, 2.75) is 25.7 Å². The van der Waals surface area contributed by atoms with Crippen LogP contribution in [0.1, 0.15) is 13.8 Å². The number of ether oxygens (including phenoxy) is 1. The molecule has 16 heavy (non-hydrogen) atoms. The first-order chi connectivity index (χ1) is 7.14. The first-order valence-electron chi connectivity index (χ1n) is 4.39. The number of nitrogens with two attached hydrogens (primary N) is 1. The van der Waals surface area contributed by atoms with Crippen molar-refractivity contribution in [1.29, 1.82) is 0 Å². The molecule has 2 unspecified atom stereocenters. The summed E-state index contributed by atoms with van der Waals surface area (Å²) in [5.74, 6) is -3.01. The molecule has 0 aromatic heterocycles. The molecule has 0 aliphatic carbocycles. The fraction of sp³-hybridized carbons (Fsp3) is 0.714. The van der Waals surface area contributed by atoms with E-state index in [1.165, 1.54) is 6.92 Å². The van der Waals surface area contributed by atoms with E-state index in [4.69, 9.17) is 15.5 Å². The van der Waals surface area contributed by atoms with E-state index in [1.807, 2.05) is 5.32 Å². The molecule has 0 heterocycles. The first-order valence-corrected chi connectivity index (χ1v) is 6.07. The Bertz CT molecular complexity index is 312. The van der Waals surface area contributed by atoms with Crippen LogP contribution in [0.3, 0.4) is 0 Å². The fourth-order valence-corrected chi connectivity index (χ4v) is 1.28. The Hall–Kier alpha value is -0.950. The Labute approximate surface area is 92.3 Å². The molecule has 0 fully saturated rings. The van der Waals surface area contributed by atoms with Crippen molar-refractivity contribution in [2.75, 3.05) is 6.61 Å². The molecular formula is C7H15N2O6P. The maximum Gasteiger partial charge on any atom is 0.351 e. The van der Waals surface area contributed by atoms with E-state index in [-0.39, 0.29) is 0 Å². The van der Waals surface area contributed by atoms with Crippen molar-refractivity contribution in [3.63, 3.8) is 0 Å². The van der Waals surface area contributed by atoms with Gasteiger partial charge < -0.3 is 25.6 Å². The lowest BCUT2D eigenvalue weighted by Gasteiger charge is -2.20. The van der Waals surface area contributed by atoms with Crippen molar-refractivity contribution >= 4 is 19.5 Å². The number of hydrogen-bond donors (Lipinski definition) is 4. The minimum Gasteiger partial charge on any atom is -0.463 e. The predicted molar refractivity (Wildman–Crippen MR) is 54.3 cm³/mol. The monoisotopic (exact) mass is 254 g/mol. The van der Waals surface area contributed by atoms with Crippen molar-refractivity contribution < 1.29 is 28.7 Å². The lowest BCUT2D eigenvalue weighted by molar-refractivity contribution is -0.141. The third-order valence-corrected chi connectivity index (χ3v) is 2.66. The fourth-order valence-electron chi connectivity index (χ4n) is 0.715. The smallest absolute Gasteiger partial charge is 0.351 e. The number of rotatable bonds is 5. The van der Waals surface area contributed by atoms with E-state index in [1.54, 1.807) is 0 Å². The molecule has 0 bridgehead atoms. The second kappa shape index (κ2) is 5.95. The highest BCUT2D eigenvalue weighted by molar-refractivity contribution is 7.52. The van der Waals surface area contributed by atoms with Crippen LogP contribution in [0.2, 0.25) is 0 Å². The van der Waals surface area contributed by atoms with Crippen LogP contribution in [0.25, 0.3) is 0 Å². The second-order valence-electron chi connectivity index (χ2n) is 3.20. The molecule has 94 valence electrons. The lowest BCUT2D eigenvalue weighted by atomic mass is 10.3. The number of hydrogen-bond acceptors (Lipinski definition) is 5. The van der Waals surface area contributed by atoms with Gasteiger partial charge in [0.2, 0.25) is 5.91 Å². The summed E-state index contributed by atoms with van der Waals surface area (Å²) in [5.41, 5.74) is 5.21. The summed E-state index contributed by atoms with van der Waals surface area (Å²) < 4.78 is 15.4. The molecule has 2 atom stereocenters. The van der Waals surface area contributed by atoms with Gasteiger partial charge in [0, 0.05) is 6.92 Å². The topological polar surface area (TPSA) is 139 Å². The average Bonchev–Trinajstić information content (AvgIpc) is 2.09. The third kappa shape index (κ3) is 5.82. The molecule has 0 aromatic carbocycles. The maximum absolute atomic E-state index is 11.1. The van der Waals surface area contributed by atoms with Crippen LogP contribution in [0.4, 0.5) is 0 Å². The quantitative estimate of drug-likeness (QED) is 0.346. The molecule has 0 radical (unpaired) electrons. The van der Waals surface area contributed by atoms with Crippen molar-refractivity contribution in [3.8, 4) is 0 Å². The van der Waals surface area contributed by atoms with Crippen molar-refractivity contribution in [1.82, 2.24) is 5.32 Å². The second-order valence-corrected chi connectivity index (χ2v) is 5.01. The van der Waals surface area contributed by atoms with Crippen LogP contribution in [0.5, 0.6) is 0 Å². The Morgan fingerprint density at radius 2 is 2.00 bits per heavy atom. The molecule has 0 aromatic rings. The minimum atomic E-state index is -4.59. The lowest BCUT2D eigenvalue weighted by Crippen LogP contribution is -2.45. The van der Waals surface area contributed by atoms with Gasteiger partial charge in [-0.3, -0.25) is 14.2 Å². The van der Waals surface area contributed by atoms with Gasteiger partial charge in [0.1, 0.15) is 6.61 Å². The Kier molecular flexibility index (Phi) is 5.60. The number of nitrogens with one attached hydrogen (secondary N) is 1. The first kappa shape index (κ1) is 15.0.